The predicted molar refractivity (Wildman–Crippen MR) is 73.6 cm³/mol. The van der Waals surface area contributed by atoms with Gasteiger partial charge in [0.1, 0.15) is 5.75 Å². The number of rotatable bonds is 7. The maximum atomic E-state index is 11.5. The molecule has 0 aliphatic carbocycles. The molecule has 4 nitrogen and oxygen atoms in total. The van der Waals surface area contributed by atoms with Crippen molar-refractivity contribution in [3.05, 3.63) is 28.7 Å². The number of ether oxygens (including phenoxy) is 1. The smallest absolute Gasteiger partial charge is 0.257 e. The molecular weight excluding hydrogens is 298 g/mol. The van der Waals surface area contributed by atoms with E-state index in [1.165, 1.54) is 0 Å². The molecule has 100 valence electrons. The minimum atomic E-state index is -0.352. The quantitative estimate of drug-likeness (QED) is 0.810. The summed E-state index contributed by atoms with van der Waals surface area (Å²) >= 11 is 3.34. The van der Waals surface area contributed by atoms with Crippen LogP contribution in [0.1, 0.15) is 19.8 Å². The SMILES string of the molecule is CCC(O)CCNC(=O)COc1ccccc1Br. The fourth-order valence-corrected chi connectivity index (χ4v) is 1.74. The highest BCUT2D eigenvalue weighted by Crippen LogP contribution is 2.23. The summed E-state index contributed by atoms with van der Waals surface area (Å²) in [5, 5.41) is 12.0. The van der Waals surface area contributed by atoms with E-state index in [4.69, 9.17) is 4.74 Å². The van der Waals surface area contributed by atoms with E-state index in [1.54, 1.807) is 6.07 Å². The van der Waals surface area contributed by atoms with Crippen molar-refractivity contribution in [1.82, 2.24) is 5.32 Å². The molecule has 0 spiro atoms. The Morgan fingerprint density at radius 2 is 2.22 bits per heavy atom. The number of carbonyl (C=O) groups excluding carboxylic acids is 1. The van der Waals surface area contributed by atoms with Crippen LogP contribution in [0.3, 0.4) is 0 Å². The molecule has 1 unspecified atom stereocenters. The van der Waals surface area contributed by atoms with Gasteiger partial charge in [-0.05, 0) is 40.9 Å². The van der Waals surface area contributed by atoms with Crippen LogP contribution < -0.4 is 10.1 Å². The molecule has 2 N–H and O–H groups in total. The van der Waals surface area contributed by atoms with E-state index in [1.807, 2.05) is 25.1 Å². The first-order chi connectivity index (χ1) is 8.63. The predicted octanol–water partition coefficient (Wildman–Crippen LogP) is 2.11. The molecule has 0 radical (unpaired) electrons. The second-order valence-corrected chi connectivity index (χ2v) is 4.77. The third-order valence-electron chi connectivity index (χ3n) is 2.47. The molecule has 5 heteroatoms. The molecular formula is C13H18BrNO3. The summed E-state index contributed by atoms with van der Waals surface area (Å²) in [6, 6.07) is 7.36. The van der Waals surface area contributed by atoms with Gasteiger partial charge in [0.2, 0.25) is 0 Å². The van der Waals surface area contributed by atoms with Crippen molar-refractivity contribution in [3.63, 3.8) is 0 Å². The van der Waals surface area contributed by atoms with Gasteiger partial charge in [0.25, 0.3) is 5.91 Å². The van der Waals surface area contributed by atoms with Gasteiger partial charge in [-0.1, -0.05) is 19.1 Å². The molecule has 0 saturated carbocycles. The van der Waals surface area contributed by atoms with Crippen LogP contribution in [0.2, 0.25) is 0 Å². The molecule has 0 bridgehead atoms. The summed E-state index contributed by atoms with van der Waals surface area (Å²) in [5.41, 5.74) is 0. The molecule has 1 rings (SSSR count). The van der Waals surface area contributed by atoms with Crippen LogP contribution >= 0.6 is 15.9 Å². The maximum absolute atomic E-state index is 11.5. The van der Waals surface area contributed by atoms with Crippen LogP contribution in [-0.2, 0) is 4.79 Å². The number of carbonyl (C=O) groups is 1. The van der Waals surface area contributed by atoms with Crippen molar-refractivity contribution in [2.24, 2.45) is 0 Å². The molecule has 0 aliphatic heterocycles. The van der Waals surface area contributed by atoms with Crippen LogP contribution in [0.5, 0.6) is 5.75 Å². The van der Waals surface area contributed by atoms with E-state index in [9.17, 15) is 9.90 Å². The van der Waals surface area contributed by atoms with Crippen molar-refractivity contribution < 1.29 is 14.6 Å². The lowest BCUT2D eigenvalue weighted by atomic mass is 10.2. The number of benzene rings is 1. The normalized spacial score (nSPS) is 11.9. The van der Waals surface area contributed by atoms with Crippen LogP contribution in [0, 0.1) is 0 Å². The number of amides is 1. The second-order valence-electron chi connectivity index (χ2n) is 3.92. The molecule has 1 aromatic carbocycles. The third kappa shape index (κ3) is 5.51. The molecule has 18 heavy (non-hydrogen) atoms. The number of para-hydroxylation sites is 1. The summed E-state index contributed by atoms with van der Waals surface area (Å²) < 4.78 is 6.18. The average molecular weight is 316 g/mol. The summed E-state index contributed by atoms with van der Waals surface area (Å²) in [4.78, 5) is 11.5. The van der Waals surface area contributed by atoms with Gasteiger partial charge >= 0.3 is 0 Å². The first-order valence-corrected chi connectivity index (χ1v) is 6.75. The zero-order valence-electron chi connectivity index (χ0n) is 10.4. The van der Waals surface area contributed by atoms with Crippen molar-refractivity contribution in [1.29, 1.82) is 0 Å². The first-order valence-electron chi connectivity index (χ1n) is 5.95. The number of aliphatic hydroxyl groups is 1. The average Bonchev–Trinajstić information content (AvgIpc) is 2.37. The Kier molecular flexibility index (Phi) is 6.75. The molecule has 0 heterocycles. The lowest BCUT2D eigenvalue weighted by molar-refractivity contribution is -0.123. The van der Waals surface area contributed by atoms with E-state index >= 15 is 0 Å². The zero-order valence-corrected chi connectivity index (χ0v) is 11.9. The van der Waals surface area contributed by atoms with Crippen molar-refractivity contribution >= 4 is 21.8 Å². The van der Waals surface area contributed by atoms with E-state index in [2.05, 4.69) is 21.2 Å². The monoisotopic (exact) mass is 315 g/mol. The van der Waals surface area contributed by atoms with E-state index < -0.39 is 0 Å². The van der Waals surface area contributed by atoms with E-state index in [0.717, 1.165) is 4.47 Å². The minimum Gasteiger partial charge on any atom is -0.483 e. The van der Waals surface area contributed by atoms with E-state index in [-0.39, 0.29) is 18.6 Å². The number of aliphatic hydroxyl groups excluding tert-OH is 1. The number of halogens is 1. The first kappa shape index (κ1) is 15.0. The van der Waals surface area contributed by atoms with Gasteiger partial charge in [-0.2, -0.15) is 0 Å². The molecule has 1 aromatic rings. The zero-order chi connectivity index (χ0) is 13.4. The van der Waals surface area contributed by atoms with Crippen LogP contribution in [0.15, 0.2) is 28.7 Å². The highest BCUT2D eigenvalue weighted by atomic mass is 79.9. The summed E-state index contributed by atoms with van der Waals surface area (Å²) in [6.45, 7) is 2.35. The molecule has 1 amide bonds. The molecule has 0 fully saturated rings. The number of nitrogens with one attached hydrogen (secondary N) is 1. The lowest BCUT2D eigenvalue weighted by Gasteiger charge is -2.10. The molecule has 1 atom stereocenters. The topological polar surface area (TPSA) is 58.6 Å². The molecule has 0 aromatic heterocycles. The van der Waals surface area contributed by atoms with Crippen molar-refractivity contribution in [2.75, 3.05) is 13.2 Å². The highest BCUT2D eigenvalue weighted by molar-refractivity contribution is 9.10. The molecule has 0 saturated heterocycles. The number of hydrogen-bond donors (Lipinski definition) is 2. The Morgan fingerprint density at radius 3 is 2.89 bits per heavy atom. The third-order valence-corrected chi connectivity index (χ3v) is 3.12. The van der Waals surface area contributed by atoms with Gasteiger partial charge in [0.15, 0.2) is 6.61 Å². The van der Waals surface area contributed by atoms with Crippen LogP contribution in [0.4, 0.5) is 0 Å². The maximum Gasteiger partial charge on any atom is 0.257 e. The summed E-state index contributed by atoms with van der Waals surface area (Å²) in [5.74, 6) is 0.454. The van der Waals surface area contributed by atoms with Gasteiger partial charge in [-0.25, -0.2) is 0 Å². The Labute approximate surface area is 115 Å². The Bertz CT molecular complexity index is 384. The van der Waals surface area contributed by atoms with Crippen molar-refractivity contribution in [2.45, 2.75) is 25.9 Å². The van der Waals surface area contributed by atoms with Crippen molar-refractivity contribution in [3.8, 4) is 5.75 Å². The van der Waals surface area contributed by atoms with Crippen LogP contribution in [0.25, 0.3) is 0 Å². The van der Waals surface area contributed by atoms with Gasteiger partial charge in [-0.15, -0.1) is 0 Å². The summed E-state index contributed by atoms with van der Waals surface area (Å²) in [7, 11) is 0. The van der Waals surface area contributed by atoms with Gasteiger partial charge in [0, 0.05) is 6.54 Å². The summed E-state index contributed by atoms with van der Waals surface area (Å²) in [6.07, 6.45) is 0.912. The fourth-order valence-electron chi connectivity index (χ4n) is 1.34. The standard InChI is InChI=1S/C13H18BrNO3/c1-2-10(16)7-8-15-13(17)9-18-12-6-4-3-5-11(12)14/h3-6,10,16H,2,7-9H2,1H3,(H,15,17). The van der Waals surface area contributed by atoms with E-state index in [0.29, 0.717) is 25.1 Å². The second kappa shape index (κ2) is 8.11. The highest BCUT2D eigenvalue weighted by Gasteiger charge is 2.06. The molecule has 0 aliphatic rings. The Hall–Kier alpha value is -1.07. The minimum absolute atomic E-state index is 0.0230. The van der Waals surface area contributed by atoms with Gasteiger partial charge < -0.3 is 15.2 Å². The van der Waals surface area contributed by atoms with Gasteiger partial charge in [0.05, 0.1) is 10.6 Å². The van der Waals surface area contributed by atoms with Crippen LogP contribution in [-0.4, -0.2) is 30.3 Å². The number of hydrogen-bond acceptors (Lipinski definition) is 3. The Morgan fingerprint density at radius 1 is 1.50 bits per heavy atom. The largest absolute Gasteiger partial charge is 0.483 e. The lowest BCUT2D eigenvalue weighted by Crippen LogP contribution is -2.31. The Balaban J connectivity index is 2.23. The van der Waals surface area contributed by atoms with Gasteiger partial charge in [-0.3, -0.25) is 4.79 Å². The fraction of sp³-hybridized carbons (Fsp3) is 0.462.